The van der Waals surface area contributed by atoms with Crippen molar-refractivity contribution in [1.82, 2.24) is 15.5 Å². The van der Waals surface area contributed by atoms with E-state index < -0.39 is 0 Å². The normalized spacial score (nSPS) is 12.5. The Hall–Kier alpha value is -2.28. The molecule has 0 bridgehead atoms. The molecule has 2 N–H and O–H groups in total. The highest BCUT2D eigenvalue weighted by molar-refractivity contribution is 7.18. The minimum absolute atomic E-state index is 0.0119. The quantitative estimate of drug-likeness (QED) is 0.684. The molecule has 2 amide bonds. The fraction of sp³-hybridized carbons (Fsp3) is 0.524. The van der Waals surface area contributed by atoms with Crippen molar-refractivity contribution >= 4 is 28.3 Å². The smallest absolute Gasteiger partial charge is 0.227 e. The number of aryl methyl sites for hydroxylation is 1. The number of rotatable bonds is 8. The van der Waals surface area contributed by atoms with E-state index in [1.807, 2.05) is 31.2 Å². The molecule has 0 aliphatic carbocycles. The second-order valence-corrected chi connectivity index (χ2v) is 9.48. The number of carbonyl (C=O) groups excluding carboxylic acids is 2. The third kappa shape index (κ3) is 7.76. The van der Waals surface area contributed by atoms with Gasteiger partial charge >= 0.3 is 0 Å². The lowest BCUT2D eigenvalue weighted by Gasteiger charge is -2.22. The summed E-state index contributed by atoms with van der Waals surface area (Å²) in [5.74, 6) is 0.118. The summed E-state index contributed by atoms with van der Waals surface area (Å²) in [5.41, 5.74) is 2.33. The van der Waals surface area contributed by atoms with E-state index in [0.717, 1.165) is 22.6 Å². The highest BCUT2D eigenvalue weighted by Crippen LogP contribution is 2.27. The molecule has 0 saturated carbocycles. The van der Waals surface area contributed by atoms with Crippen LogP contribution >= 0.6 is 11.3 Å². The van der Waals surface area contributed by atoms with E-state index >= 15 is 0 Å². The van der Waals surface area contributed by atoms with Crippen molar-refractivity contribution in [3.8, 4) is 10.6 Å². The van der Waals surface area contributed by atoms with Crippen molar-refractivity contribution in [2.75, 3.05) is 11.9 Å². The zero-order valence-corrected chi connectivity index (χ0v) is 18.2. The molecule has 1 aromatic heterocycles. The highest BCUT2D eigenvalue weighted by Gasteiger charge is 2.18. The summed E-state index contributed by atoms with van der Waals surface area (Å²) in [6, 6.07) is 7.98. The average Bonchev–Trinajstić information content (AvgIpc) is 3.01. The number of amides is 2. The Balaban J connectivity index is 1.74. The average molecular weight is 403 g/mol. The van der Waals surface area contributed by atoms with E-state index in [4.69, 9.17) is 0 Å². The third-order valence-electron chi connectivity index (χ3n) is 4.11. The van der Waals surface area contributed by atoms with Crippen molar-refractivity contribution < 1.29 is 9.59 Å². The van der Waals surface area contributed by atoms with E-state index in [1.54, 1.807) is 0 Å². The van der Waals surface area contributed by atoms with Crippen molar-refractivity contribution in [2.45, 2.75) is 53.9 Å². The number of hydrogen-bond donors (Lipinski definition) is 2. The van der Waals surface area contributed by atoms with Gasteiger partial charge in [-0.3, -0.25) is 9.59 Å². The molecule has 0 saturated heterocycles. The van der Waals surface area contributed by atoms with Gasteiger partial charge in [0.2, 0.25) is 16.9 Å². The maximum Gasteiger partial charge on any atom is 0.227 e. The molecule has 2 rings (SSSR count). The largest absolute Gasteiger partial charge is 0.356 e. The van der Waals surface area contributed by atoms with Gasteiger partial charge in [0, 0.05) is 24.9 Å². The van der Waals surface area contributed by atoms with E-state index in [1.165, 1.54) is 11.3 Å². The van der Waals surface area contributed by atoms with Gasteiger partial charge in [-0.25, -0.2) is 0 Å². The van der Waals surface area contributed by atoms with Gasteiger partial charge < -0.3 is 10.6 Å². The lowest BCUT2D eigenvalue weighted by atomic mass is 9.84. The minimum atomic E-state index is -0.185. The molecule has 2 aromatic rings. The predicted octanol–water partition coefficient (Wildman–Crippen LogP) is 4.42. The minimum Gasteiger partial charge on any atom is -0.356 e. The van der Waals surface area contributed by atoms with Gasteiger partial charge in [-0.1, -0.05) is 62.8 Å². The molecule has 1 heterocycles. The Morgan fingerprint density at radius 2 is 1.93 bits per heavy atom. The molecule has 0 fully saturated rings. The summed E-state index contributed by atoms with van der Waals surface area (Å²) in [5, 5.41) is 15.0. The molecule has 0 aliphatic heterocycles. The maximum absolute atomic E-state index is 12.1. The Bertz CT molecular complexity index is 811. The van der Waals surface area contributed by atoms with E-state index in [0.29, 0.717) is 24.0 Å². The lowest BCUT2D eigenvalue weighted by Crippen LogP contribution is -2.29. The molecule has 0 spiro atoms. The van der Waals surface area contributed by atoms with Crippen LogP contribution in [0.4, 0.5) is 5.13 Å². The monoisotopic (exact) mass is 402 g/mol. The van der Waals surface area contributed by atoms with Crippen molar-refractivity contribution in [1.29, 1.82) is 0 Å². The third-order valence-corrected chi connectivity index (χ3v) is 4.99. The van der Waals surface area contributed by atoms with Crippen LogP contribution in [0.15, 0.2) is 24.3 Å². The van der Waals surface area contributed by atoms with Crippen LogP contribution in [0.3, 0.4) is 0 Å². The standard InChI is InChI=1S/C21H30N4O2S/c1-14-7-6-8-16(11-14)19-24-25-20(28-19)23-17(26)9-10-22-18(27)12-15(2)13-21(3,4)5/h6-8,11,15H,9-10,12-13H2,1-5H3,(H,22,27)(H,23,25,26). The Morgan fingerprint density at radius 1 is 1.18 bits per heavy atom. The van der Waals surface area contributed by atoms with Crippen LogP contribution < -0.4 is 10.6 Å². The Labute approximate surface area is 171 Å². The number of benzene rings is 1. The molecular weight excluding hydrogens is 372 g/mol. The predicted molar refractivity (Wildman–Crippen MR) is 114 cm³/mol. The van der Waals surface area contributed by atoms with Crippen molar-refractivity contribution in [3.05, 3.63) is 29.8 Å². The first-order valence-corrected chi connectivity index (χ1v) is 10.4. The number of carbonyl (C=O) groups is 2. The highest BCUT2D eigenvalue weighted by atomic mass is 32.1. The first-order valence-electron chi connectivity index (χ1n) is 9.59. The first kappa shape index (κ1) is 22.0. The van der Waals surface area contributed by atoms with Gasteiger partial charge in [0.05, 0.1) is 0 Å². The van der Waals surface area contributed by atoms with Crippen LogP contribution in [0.25, 0.3) is 10.6 Å². The van der Waals surface area contributed by atoms with Gasteiger partial charge in [0.25, 0.3) is 0 Å². The van der Waals surface area contributed by atoms with Gasteiger partial charge in [0.1, 0.15) is 5.01 Å². The van der Waals surface area contributed by atoms with E-state index in [9.17, 15) is 9.59 Å². The first-order chi connectivity index (χ1) is 13.1. The molecule has 152 valence electrons. The summed E-state index contributed by atoms with van der Waals surface area (Å²) < 4.78 is 0. The number of hydrogen-bond acceptors (Lipinski definition) is 5. The number of aromatic nitrogens is 2. The number of nitrogens with one attached hydrogen (secondary N) is 2. The second kappa shape index (κ2) is 9.78. The van der Waals surface area contributed by atoms with Crippen LogP contribution in [-0.4, -0.2) is 28.6 Å². The molecule has 1 unspecified atom stereocenters. The zero-order chi connectivity index (χ0) is 20.7. The maximum atomic E-state index is 12.1. The van der Waals surface area contributed by atoms with Crippen LogP contribution in [0.2, 0.25) is 0 Å². The van der Waals surface area contributed by atoms with Gasteiger partial charge in [-0.2, -0.15) is 0 Å². The van der Waals surface area contributed by atoms with Crippen LogP contribution in [0.5, 0.6) is 0 Å². The fourth-order valence-electron chi connectivity index (χ4n) is 3.17. The summed E-state index contributed by atoms with van der Waals surface area (Å²) in [6.07, 6.45) is 1.68. The number of nitrogens with zero attached hydrogens (tertiary/aromatic N) is 2. The molecule has 0 aliphatic rings. The molecule has 28 heavy (non-hydrogen) atoms. The fourth-order valence-corrected chi connectivity index (χ4v) is 3.93. The van der Waals surface area contributed by atoms with Crippen LogP contribution in [0, 0.1) is 18.3 Å². The van der Waals surface area contributed by atoms with Gasteiger partial charge in [-0.15, -0.1) is 10.2 Å². The van der Waals surface area contributed by atoms with Crippen molar-refractivity contribution in [2.24, 2.45) is 11.3 Å². The summed E-state index contributed by atoms with van der Waals surface area (Å²) >= 11 is 1.33. The van der Waals surface area contributed by atoms with Gasteiger partial charge in [0.15, 0.2) is 0 Å². The number of anilines is 1. The van der Waals surface area contributed by atoms with E-state index in [-0.39, 0.29) is 23.7 Å². The molecule has 0 radical (unpaired) electrons. The molecular formula is C21H30N4O2S. The molecule has 1 aromatic carbocycles. The molecule has 1 atom stereocenters. The van der Waals surface area contributed by atoms with Crippen molar-refractivity contribution in [3.63, 3.8) is 0 Å². The molecule has 7 heteroatoms. The summed E-state index contributed by atoms with van der Waals surface area (Å²) in [6.45, 7) is 10.9. The zero-order valence-electron chi connectivity index (χ0n) is 17.3. The Morgan fingerprint density at radius 3 is 2.61 bits per heavy atom. The summed E-state index contributed by atoms with van der Waals surface area (Å²) in [7, 11) is 0. The SMILES string of the molecule is Cc1cccc(-c2nnc(NC(=O)CCNC(=O)CC(C)CC(C)(C)C)s2)c1. The summed E-state index contributed by atoms with van der Waals surface area (Å²) in [4.78, 5) is 24.1. The molecule has 6 nitrogen and oxygen atoms in total. The second-order valence-electron chi connectivity index (χ2n) is 8.50. The van der Waals surface area contributed by atoms with Gasteiger partial charge in [-0.05, 0) is 30.7 Å². The van der Waals surface area contributed by atoms with E-state index in [2.05, 4.69) is 48.5 Å². The van der Waals surface area contributed by atoms with Crippen LogP contribution in [0.1, 0.15) is 52.5 Å². The lowest BCUT2D eigenvalue weighted by molar-refractivity contribution is -0.122. The topological polar surface area (TPSA) is 84.0 Å². The van der Waals surface area contributed by atoms with Crippen LogP contribution in [-0.2, 0) is 9.59 Å². The Kier molecular flexibility index (Phi) is 7.69.